The van der Waals surface area contributed by atoms with Crippen molar-refractivity contribution in [3.8, 4) is 0 Å². The minimum atomic E-state index is 0.667. The maximum Gasteiger partial charge on any atom is 0.0194 e. The molecule has 0 nitrogen and oxygen atoms in total. The van der Waals surface area contributed by atoms with E-state index in [0.717, 1.165) is 5.33 Å². The lowest BCUT2D eigenvalue weighted by Gasteiger charge is -2.07. The van der Waals surface area contributed by atoms with E-state index >= 15 is 0 Å². The van der Waals surface area contributed by atoms with E-state index in [2.05, 4.69) is 49.4 Å². The van der Waals surface area contributed by atoms with Crippen LogP contribution in [0.3, 0.4) is 0 Å². The Morgan fingerprint density at radius 1 is 1.20 bits per heavy atom. The van der Waals surface area contributed by atoms with Crippen LogP contribution >= 0.6 is 43.2 Å². The topological polar surface area (TPSA) is 0 Å². The Labute approximate surface area is 114 Å². The van der Waals surface area contributed by atoms with Gasteiger partial charge in [0.05, 0.1) is 0 Å². The van der Waals surface area contributed by atoms with Crippen LogP contribution in [0.2, 0.25) is 0 Å². The molecule has 1 aromatic rings. The molecular formula is C12H18Br2S. The molecule has 1 atom stereocenters. The molecule has 1 rings (SSSR count). The van der Waals surface area contributed by atoms with Gasteiger partial charge in [0.1, 0.15) is 0 Å². The molecular weight excluding hydrogens is 336 g/mol. The maximum atomic E-state index is 3.77. The van der Waals surface area contributed by atoms with Gasteiger partial charge in [0.2, 0.25) is 0 Å². The van der Waals surface area contributed by atoms with Gasteiger partial charge in [0, 0.05) is 15.0 Å². The van der Waals surface area contributed by atoms with Gasteiger partial charge in [-0.1, -0.05) is 57.2 Å². The lowest BCUT2D eigenvalue weighted by Crippen LogP contribution is -2.01. The SMILES string of the molecule is BrCCCCCCC(Br)Cc1cccs1. The Kier molecular flexibility index (Phi) is 8.02. The number of rotatable bonds is 8. The molecule has 1 heterocycles. The fraction of sp³-hybridized carbons (Fsp3) is 0.667. The van der Waals surface area contributed by atoms with Crippen LogP contribution in [0.1, 0.15) is 37.0 Å². The van der Waals surface area contributed by atoms with Gasteiger partial charge in [0.25, 0.3) is 0 Å². The highest BCUT2D eigenvalue weighted by Gasteiger charge is 2.05. The second-order valence-electron chi connectivity index (χ2n) is 3.77. The molecule has 0 fully saturated rings. The summed E-state index contributed by atoms with van der Waals surface area (Å²) in [7, 11) is 0. The lowest BCUT2D eigenvalue weighted by atomic mass is 10.1. The molecule has 0 bridgehead atoms. The molecule has 0 N–H and O–H groups in total. The van der Waals surface area contributed by atoms with E-state index in [1.807, 2.05) is 11.3 Å². The minimum absolute atomic E-state index is 0.667. The summed E-state index contributed by atoms with van der Waals surface area (Å²) >= 11 is 9.09. The van der Waals surface area contributed by atoms with Crippen LogP contribution in [0.15, 0.2) is 17.5 Å². The molecule has 1 aromatic heterocycles. The molecule has 3 heteroatoms. The van der Waals surface area contributed by atoms with Crippen molar-refractivity contribution in [3.05, 3.63) is 22.4 Å². The fourth-order valence-electron chi connectivity index (χ4n) is 1.56. The summed E-state index contributed by atoms with van der Waals surface area (Å²) in [6, 6.07) is 4.36. The smallest absolute Gasteiger partial charge is 0.0194 e. The maximum absolute atomic E-state index is 3.77. The van der Waals surface area contributed by atoms with E-state index in [4.69, 9.17) is 0 Å². The quantitative estimate of drug-likeness (QED) is 0.433. The summed E-state index contributed by atoms with van der Waals surface area (Å²) in [5.74, 6) is 0. The predicted octanol–water partition coefficient (Wildman–Crippen LogP) is 5.40. The third-order valence-corrected chi connectivity index (χ3v) is 4.64. The average molecular weight is 354 g/mol. The molecule has 0 aromatic carbocycles. The zero-order valence-corrected chi connectivity index (χ0v) is 12.9. The van der Waals surface area contributed by atoms with E-state index in [1.165, 1.54) is 43.4 Å². The van der Waals surface area contributed by atoms with Crippen molar-refractivity contribution in [2.75, 3.05) is 5.33 Å². The fourth-order valence-corrected chi connectivity index (χ4v) is 3.63. The van der Waals surface area contributed by atoms with Crippen LogP contribution in [0.4, 0.5) is 0 Å². The van der Waals surface area contributed by atoms with Gasteiger partial charge in [-0.25, -0.2) is 0 Å². The second-order valence-corrected chi connectivity index (χ2v) is 6.89. The monoisotopic (exact) mass is 352 g/mol. The molecule has 0 saturated heterocycles. The molecule has 0 amide bonds. The van der Waals surface area contributed by atoms with Gasteiger partial charge >= 0.3 is 0 Å². The summed E-state index contributed by atoms with van der Waals surface area (Å²) in [6.07, 6.45) is 7.91. The van der Waals surface area contributed by atoms with Crippen LogP contribution in [0.5, 0.6) is 0 Å². The van der Waals surface area contributed by atoms with Crippen LogP contribution in [-0.2, 0) is 6.42 Å². The lowest BCUT2D eigenvalue weighted by molar-refractivity contribution is 0.623. The average Bonchev–Trinajstić information content (AvgIpc) is 2.70. The van der Waals surface area contributed by atoms with Gasteiger partial charge in [-0.15, -0.1) is 11.3 Å². The molecule has 86 valence electrons. The minimum Gasteiger partial charge on any atom is -0.149 e. The molecule has 15 heavy (non-hydrogen) atoms. The van der Waals surface area contributed by atoms with Crippen molar-refractivity contribution in [2.45, 2.75) is 43.4 Å². The zero-order chi connectivity index (χ0) is 10.9. The van der Waals surface area contributed by atoms with E-state index < -0.39 is 0 Å². The first-order chi connectivity index (χ1) is 7.33. The second kappa shape index (κ2) is 8.77. The van der Waals surface area contributed by atoms with Crippen LogP contribution in [-0.4, -0.2) is 10.2 Å². The third kappa shape index (κ3) is 6.75. The molecule has 1 unspecified atom stereocenters. The zero-order valence-electron chi connectivity index (χ0n) is 8.92. The molecule has 0 aliphatic rings. The Bertz CT molecular complexity index is 234. The molecule has 0 aliphatic carbocycles. The van der Waals surface area contributed by atoms with Crippen molar-refractivity contribution >= 4 is 43.2 Å². The number of halogens is 2. The number of hydrogen-bond acceptors (Lipinski definition) is 1. The highest BCUT2D eigenvalue weighted by atomic mass is 79.9. The van der Waals surface area contributed by atoms with E-state index in [9.17, 15) is 0 Å². The van der Waals surface area contributed by atoms with Crippen molar-refractivity contribution in [1.29, 1.82) is 0 Å². The van der Waals surface area contributed by atoms with Crippen LogP contribution in [0.25, 0.3) is 0 Å². The summed E-state index contributed by atoms with van der Waals surface area (Å²) in [5, 5.41) is 3.31. The van der Waals surface area contributed by atoms with Crippen molar-refractivity contribution < 1.29 is 0 Å². The van der Waals surface area contributed by atoms with E-state index in [-0.39, 0.29) is 0 Å². The molecule has 0 saturated carbocycles. The first-order valence-electron chi connectivity index (χ1n) is 5.55. The van der Waals surface area contributed by atoms with Crippen LogP contribution in [0, 0.1) is 0 Å². The van der Waals surface area contributed by atoms with Crippen molar-refractivity contribution in [3.63, 3.8) is 0 Å². The van der Waals surface area contributed by atoms with Gasteiger partial charge in [-0.3, -0.25) is 0 Å². The standard InChI is InChI=1S/C12H18Br2S/c13-8-4-2-1-3-6-11(14)10-12-7-5-9-15-12/h5,7,9,11H,1-4,6,8,10H2. The molecule has 0 radical (unpaired) electrons. The van der Waals surface area contributed by atoms with Gasteiger partial charge in [0.15, 0.2) is 0 Å². The summed E-state index contributed by atoms with van der Waals surface area (Å²) < 4.78 is 0. The normalized spacial score (nSPS) is 12.9. The van der Waals surface area contributed by atoms with Crippen LogP contribution < -0.4 is 0 Å². The Balaban J connectivity index is 2.01. The predicted molar refractivity (Wildman–Crippen MR) is 77.6 cm³/mol. The molecule has 0 aliphatic heterocycles. The summed E-state index contributed by atoms with van der Waals surface area (Å²) in [4.78, 5) is 2.16. The Morgan fingerprint density at radius 3 is 2.67 bits per heavy atom. The largest absolute Gasteiger partial charge is 0.149 e. The first-order valence-corrected chi connectivity index (χ1v) is 8.47. The number of alkyl halides is 2. The summed E-state index contributed by atoms with van der Waals surface area (Å²) in [6.45, 7) is 0. The molecule has 0 spiro atoms. The highest BCUT2D eigenvalue weighted by Crippen LogP contribution is 2.19. The van der Waals surface area contributed by atoms with E-state index in [0.29, 0.717) is 4.83 Å². The van der Waals surface area contributed by atoms with Gasteiger partial charge < -0.3 is 0 Å². The van der Waals surface area contributed by atoms with Crippen molar-refractivity contribution in [2.24, 2.45) is 0 Å². The highest BCUT2D eigenvalue weighted by molar-refractivity contribution is 9.09. The number of hydrogen-bond donors (Lipinski definition) is 0. The Morgan fingerprint density at radius 2 is 2.00 bits per heavy atom. The first kappa shape index (κ1) is 13.7. The third-order valence-electron chi connectivity index (χ3n) is 2.40. The van der Waals surface area contributed by atoms with E-state index in [1.54, 1.807) is 0 Å². The van der Waals surface area contributed by atoms with Gasteiger partial charge in [-0.2, -0.15) is 0 Å². The van der Waals surface area contributed by atoms with Crippen molar-refractivity contribution in [1.82, 2.24) is 0 Å². The number of unbranched alkanes of at least 4 members (excludes halogenated alkanes) is 3. The Hall–Kier alpha value is 0.660. The van der Waals surface area contributed by atoms with Gasteiger partial charge in [-0.05, 0) is 30.7 Å². The number of thiophene rings is 1. The summed E-state index contributed by atoms with van der Waals surface area (Å²) in [5.41, 5.74) is 0.